The maximum absolute atomic E-state index is 3.48. The standard InChI is InChI=1S/C10H23N3/c1-12(2)7-9-5-11-6-10(9)8-13(3)4/h9-11H,5-8H2,1-4H3/t9-,10+. The lowest BCUT2D eigenvalue weighted by Gasteiger charge is -2.24. The minimum Gasteiger partial charge on any atom is -0.316 e. The Balaban J connectivity index is 2.35. The zero-order valence-electron chi connectivity index (χ0n) is 9.38. The summed E-state index contributed by atoms with van der Waals surface area (Å²) < 4.78 is 0. The van der Waals surface area contributed by atoms with Gasteiger partial charge in [0.15, 0.2) is 0 Å². The molecule has 3 heteroatoms. The molecule has 13 heavy (non-hydrogen) atoms. The van der Waals surface area contributed by atoms with Crippen LogP contribution in [0.1, 0.15) is 0 Å². The van der Waals surface area contributed by atoms with E-state index in [0.717, 1.165) is 11.8 Å². The summed E-state index contributed by atoms with van der Waals surface area (Å²) in [6.07, 6.45) is 0. The van der Waals surface area contributed by atoms with Crippen LogP contribution in [0.4, 0.5) is 0 Å². The van der Waals surface area contributed by atoms with Gasteiger partial charge < -0.3 is 15.1 Å². The summed E-state index contributed by atoms with van der Waals surface area (Å²) in [7, 11) is 8.63. The van der Waals surface area contributed by atoms with Gasteiger partial charge in [0, 0.05) is 13.1 Å². The summed E-state index contributed by atoms with van der Waals surface area (Å²) in [6, 6.07) is 0. The number of hydrogen-bond acceptors (Lipinski definition) is 3. The van der Waals surface area contributed by atoms with Gasteiger partial charge in [-0.15, -0.1) is 0 Å². The molecule has 1 rings (SSSR count). The Morgan fingerprint density at radius 3 is 1.62 bits per heavy atom. The molecule has 2 atom stereocenters. The van der Waals surface area contributed by atoms with Crippen LogP contribution < -0.4 is 5.32 Å². The van der Waals surface area contributed by atoms with Crippen LogP contribution in [-0.4, -0.2) is 64.2 Å². The van der Waals surface area contributed by atoms with Crippen LogP contribution in [0.3, 0.4) is 0 Å². The van der Waals surface area contributed by atoms with Crippen LogP contribution in [0.25, 0.3) is 0 Å². The zero-order chi connectivity index (χ0) is 9.84. The summed E-state index contributed by atoms with van der Waals surface area (Å²) in [5.74, 6) is 1.66. The van der Waals surface area contributed by atoms with Gasteiger partial charge in [0.1, 0.15) is 0 Å². The molecule has 0 spiro atoms. The van der Waals surface area contributed by atoms with Crippen LogP contribution in [0.5, 0.6) is 0 Å². The van der Waals surface area contributed by atoms with Gasteiger partial charge in [-0.25, -0.2) is 0 Å². The van der Waals surface area contributed by atoms with Crippen LogP contribution in [0.2, 0.25) is 0 Å². The average Bonchev–Trinajstić information content (AvgIpc) is 2.34. The molecule has 1 saturated heterocycles. The van der Waals surface area contributed by atoms with Gasteiger partial charge in [-0.05, 0) is 53.1 Å². The van der Waals surface area contributed by atoms with Crippen molar-refractivity contribution < 1.29 is 0 Å². The van der Waals surface area contributed by atoms with E-state index in [1.807, 2.05) is 0 Å². The summed E-state index contributed by atoms with van der Waals surface area (Å²) in [4.78, 5) is 4.58. The molecule has 1 heterocycles. The van der Waals surface area contributed by atoms with Gasteiger partial charge in [-0.3, -0.25) is 0 Å². The fourth-order valence-electron chi connectivity index (χ4n) is 2.15. The van der Waals surface area contributed by atoms with E-state index in [1.54, 1.807) is 0 Å². The van der Waals surface area contributed by atoms with Crippen molar-refractivity contribution in [3.05, 3.63) is 0 Å². The van der Waals surface area contributed by atoms with Crippen LogP contribution in [-0.2, 0) is 0 Å². The van der Waals surface area contributed by atoms with Crippen molar-refractivity contribution in [3.8, 4) is 0 Å². The lowest BCUT2D eigenvalue weighted by atomic mass is 9.95. The molecule has 0 bridgehead atoms. The van der Waals surface area contributed by atoms with Gasteiger partial charge >= 0.3 is 0 Å². The van der Waals surface area contributed by atoms with Crippen LogP contribution in [0.15, 0.2) is 0 Å². The van der Waals surface area contributed by atoms with Crippen LogP contribution in [0, 0.1) is 11.8 Å². The molecule has 0 amide bonds. The fraction of sp³-hybridized carbons (Fsp3) is 1.00. The monoisotopic (exact) mass is 185 g/mol. The number of nitrogens with zero attached hydrogens (tertiary/aromatic N) is 2. The molecular formula is C10H23N3. The van der Waals surface area contributed by atoms with E-state index in [-0.39, 0.29) is 0 Å². The van der Waals surface area contributed by atoms with Crippen molar-refractivity contribution in [1.82, 2.24) is 15.1 Å². The maximum Gasteiger partial charge on any atom is 0.00193 e. The normalized spacial score (nSPS) is 29.1. The van der Waals surface area contributed by atoms with E-state index >= 15 is 0 Å². The van der Waals surface area contributed by atoms with Crippen molar-refractivity contribution in [3.63, 3.8) is 0 Å². The maximum atomic E-state index is 3.48. The Kier molecular flexibility index (Phi) is 4.16. The third kappa shape index (κ3) is 3.63. The highest BCUT2D eigenvalue weighted by molar-refractivity contribution is 4.83. The Morgan fingerprint density at radius 2 is 1.31 bits per heavy atom. The number of nitrogens with one attached hydrogen (secondary N) is 1. The van der Waals surface area contributed by atoms with E-state index in [0.29, 0.717) is 0 Å². The molecule has 1 aliphatic rings. The molecule has 3 nitrogen and oxygen atoms in total. The molecular weight excluding hydrogens is 162 g/mol. The summed E-state index contributed by atoms with van der Waals surface area (Å²) in [5.41, 5.74) is 0. The zero-order valence-corrected chi connectivity index (χ0v) is 9.38. The molecule has 0 aromatic carbocycles. The van der Waals surface area contributed by atoms with E-state index in [1.165, 1.54) is 26.2 Å². The van der Waals surface area contributed by atoms with Gasteiger partial charge in [0.05, 0.1) is 0 Å². The first-order chi connectivity index (χ1) is 6.09. The second kappa shape index (κ2) is 4.94. The lowest BCUT2D eigenvalue weighted by Crippen LogP contribution is -2.32. The van der Waals surface area contributed by atoms with Gasteiger partial charge in [-0.1, -0.05) is 0 Å². The predicted octanol–water partition coefficient (Wildman–Crippen LogP) is -0.0548. The predicted molar refractivity (Wildman–Crippen MR) is 57.0 cm³/mol. The molecule has 0 aromatic rings. The quantitative estimate of drug-likeness (QED) is 0.662. The number of rotatable bonds is 4. The van der Waals surface area contributed by atoms with Crippen molar-refractivity contribution in [2.75, 3.05) is 54.4 Å². The van der Waals surface area contributed by atoms with Crippen molar-refractivity contribution in [2.45, 2.75) is 0 Å². The Bertz CT molecular complexity index is 129. The number of hydrogen-bond donors (Lipinski definition) is 1. The molecule has 0 aliphatic carbocycles. The summed E-state index contributed by atoms with van der Waals surface area (Å²) in [5, 5.41) is 3.48. The largest absolute Gasteiger partial charge is 0.316 e. The second-order valence-electron chi connectivity index (χ2n) is 4.70. The molecule has 1 aliphatic heterocycles. The second-order valence-corrected chi connectivity index (χ2v) is 4.70. The van der Waals surface area contributed by atoms with E-state index < -0.39 is 0 Å². The molecule has 78 valence electrons. The minimum atomic E-state index is 0.831. The van der Waals surface area contributed by atoms with Crippen molar-refractivity contribution >= 4 is 0 Å². The first-order valence-electron chi connectivity index (χ1n) is 5.09. The fourth-order valence-corrected chi connectivity index (χ4v) is 2.15. The highest BCUT2D eigenvalue weighted by Crippen LogP contribution is 2.17. The molecule has 0 aromatic heterocycles. The van der Waals surface area contributed by atoms with Gasteiger partial charge in [0.2, 0.25) is 0 Å². The molecule has 0 saturated carbocycles. The van der Waals surface area contributed by atoms with Crippen molar-refractivity contribution in [2.24, 2.45) is 11.8 Å². The van der Waals surface area contributed by atoms with E-state index in [4.69, 9.17) is 0 Å². The SMILES string of the molecule is CN(C)C[C@H]1CNC[C@H]1CN(C)C. The average molecular weight is 185 g/mol. The summed E-state index contributed by atoms with van der Waals surface area (Å²) in [6.45, 7) is 4.81. The van der Waals surface area contributed by atoms with E-state index in [9.17, 15) is 0 Å². The molecule has 1 N–H and O–H groups in total. The molecule has 0 radical (unpaired) electrons. The van der Waals surface area contributed by atoms with Gasteiger partial charge in [0.25, 0.3) is 0 Å². The summed E-state index contributed by atoms with van der Waals surface area (Å²) >= 11 is 0. The smallest absolute Gasteiger partial charge is 0.00193 e. The highest BCUT2D eigenvalue weighted by atomic mass is 15.1. The first kappa shape index (κ1) is 11.0. The van der Waals surface area contributed by atoms with Crippen LogP contribution >= 0.6 is 0 Å². The highest BCUT2D eigenvalue weighted by Gasteiger charge is 2.27. The van der Waals surface area contributed by atoms with E-state index in [2.05, 4.69) is 43.3 Å². The Morgan fingerprint density at radius 1 is 0.923 bits per heavy atom. The minimum absolute atomic E-state index is 0.831. The topological polar surface area (TPSA) is 18.5 Å². The third-order valence-corrected chi connectivity index (χ3v) is 2.68. The Hall–Kier alpha value is -0.120. The van der Waals surface area contributed by atoms with Crippen molar-refractivity contribution in [1.29, 1.82) is 0 Å². The third-order valence-electron chi connectivity index (χ3n) is 2.68. The first-order valence-corrected chi connectivity index (χ1v) is 5.09. The molecule has 1 fully saturated rings. The van der Waals surface area contributed by atoms with Gasteiger partial charge in [-0.2, -0.15) is 0 Å². The Labute approximate surface area is 82.1 Å². The lowest BCUT2D eigenvalue weighted by molar-refractivity contribution is 0.243. The molecule has 0 unspecified atom stereocenters.